The molecule has 1 aromatic heterocycles. The van der Waals surface area contributed by atoms with E-state index in [0.717, 1.165) is 22.2 Å². The first-order chi connectivity index (χ1) is 10.5. The Morgan fingerprint density at radius 1 is 1.14 bits per heavy atom. The number of nitrogens with one attached hydrogen (secondary N) is 1. The minimum absolute atomic E-state index is 0.106. The lowest BCUT2D eigenvalue weighted by Crippen LogP contribution is -2.23. The van der Waals surface area contributed by atoms with Crippen LogP contribution in [0.3, 0.4) is 0 Å². The van der Waals surface area contributed by atoms with Gasteiger partial charge in [-0.25, -0.2) is 4.39 Å². The fourth-order valence-corrected chi connectivity index (χ4v) is 2.48. The SMILES string of the molecule is Cc1ccc(NC(=O)C(C)n2ccc3cc(F)ccc32)cc1. The van der Waals surface area contributed by atoms with E-state index in [0.29, 0.717) is 0 Å². The zero-order valence-corrected chi connectivity index (χ0v) is 12.5. The van der Waals surface area contributed by atoms with Crippen molar-refractivity contribution < 1.29 is 9.18 Å². The van der Waals surface area contributed by atoms with Crippen LogP contribution in [0.15, 0.2) is 54.7 Å². The molecule has 0 spiro atoms. The summed E-state index contributed by atoms with van der Waals surface area (Å²) in [7, 11) is 0. The minimum Gasteiger partial charge on any atom is -0.335 e. The normalized spacial score (nSPS) is 12.3. The van der Waals surface area contributed by atoms with Crippen LogP contribution in [0.25, 0.3) is 10.9 Å². The van der Waals surface area contributed by atoms with Crippen molar-refractivity contribution in [3.05, 3.63) is 66.1 Å². The monoisotopic (exact) mass is 296 g/mol. The zero-order chi connectivity index (χ0) is 15.7. The van der Waals surface area contributed by atoms with E-state index in [2.05, 4.69) is 5.32 Å². The number of fused-ring (bicyclic) bond motifs is 1. The van der Waals surface area contributed by atoms with Crippen molar-refractivity contribution in [2.45, 2.75) is 19.9 Å². The Hall–Kier alpha value is -2.62. The molecule has 1 heterocycles. The van der Waals surface area contributed by atoms with Gasteiger partial charge < -0.3 is 9.88 Å². The van der Waals surface area contributed by atoms with Crippen LogP contribution in [-0.4, -0.2) is 10.5 Å². The molecule has 0 saturated heterocycles. The number of anilines is 1. The molecule has 1 N–H and O–H groups in total. The summed E-state index contributed by atoms with van der Waals surface area (Å²) in [5.41, 5.74) is 2.75. The van der Waals surface area contributed by atoms with Crippen LogP contribution in [0.2, 0.25) is 0 Å². The zero-order valence-electron chi connectivity index (χ0n) is 12.5. The van der Waals surface area contributed by atoms with Gasteiger partial charge in [-0.2, -0.15) is 0 Å². The second kappa shape index (κ2) is 5.64. The molecule has 0 aliphatic heterocycles. The summed E-state index contributed by atoms with van der Waals surface area (Å²) in [4.78, 5) is 12.4. The summed E-state index contributed by atoms with van der Waals surface area (Å²) < 4.78 is 15.1. The molecular weight excluding hydrogens is 279 g/mol. The molecule has 1 atom stereocenters. The number of hydrogen-bond donors (Lipinski definition) is 1. The van der Waals surface area contributed by atoms with Crippen molar-refractivity contribution in [1.82, 2.24) is 4.57 Å². The first kappa shape index (κ1) is 14.3. The molecule has 112 valence electrons. The molecule has 1 amide bonds. The second-order valence-electron chi connectivity index (χ2n) is 5.46. The molecule has 2 aromatic carbocycles. The van der Waals surface area contributed by atoms with E-state index in [9.17, 15) is 9.18 Å². The molecule has 0 radical (unpaired) electrons. The highest BCUT2D eigenvalue weighted by Gasteiger charge is 2.16. The Morgan fingerprint density at radius 3 is 2.59 bits per heavy atom. The number of carbonyl (C=O) groups is 1. The summed E-state index contributed by atoms with van der Waals surface area (Å²) >= 11 is 0. The number of aryl methyl sites for hydroxylation is 1. The van der Waals surface area contributed by atoms with Crippen molar-refractivity contribution in [3.63, 3.8) is 0 Å². The third kappa shape index (κ3) is 2.72. The molecule has 4 heteroatoms. The molecule has 0 fully saturated rings. The lowest BCUT2D eigenvalue weighted by Gasteiger charge is -2.15. The number of halogens is 1. The average Bonchev–Trinajstić information content (AvgIpc) is 2.91. The lowest BCUT2D eigenvalue weighted by atomic mass is 10.2. The van der Waals surface area contributed by atoms with E-state index in [1.807, 2.05) is 54.9 Å². The maximum atomic E-state index is 13.2. The van der Waals surface area contributed by atoms with Gasteiger partial charge in [-0.15, -0.1) is 0 Å². The molecule has 0 bridgehead atoms. The number of amides is 1. The molecule has 3 rings (SSSR count). The molecular formula is C18H17FN2O. The van der Waals surface area contributed by atoms with E-state index >= 15 is 0 Å². The van der Waals surface area contributed by atoms with Crippen molar-refractivity contribution in [2.75, 3.05) is 5.32 Å². The van der Waals surface area contributed by atoms with Crippen molar-refractivity contribution in [2.24, 2.45) is 0 Å². The Balaban J connectivity index is 1.84. The Morgan fingerprint density at radius 2 is 1.86 bits per heavy atom. The Labute approximate surface area is 128 Å². The number of hydrogen-bond acceptors (Lipinski definition) is 1. The van der Waals surface area contributed by atoms with E-state index in [4.69, 9.17) is 0 Å². The van der Waals surface area contributed by atoms with Crippen LogP contribution in [0.5, 0.6) is 0 Å². The highest BCUT2D eigenvalue weighted by molar-refractivity contribution is 5.95. The van der Waals surface area contributed by atoms with Gasteiger partial charge in [-0.05, 0) is 50.2 Å². The Bertz CT molecular complexity index is 821. The van der Waals surface area contributed by atoms with Gasteiger partial charge in [0.2, 0.25) is 5.91 Å². The standard InChI is InChI=1S/C18H17FN2O/c1-12-3-6-16(7-4-12)20-18(22)13(2)21-10-9-14-11-15(19)5-8-17(14)21/h3-11,13H,1-2H3,(H,20,22). The van der Waals surface area contributed by atoms with E-state index in [-0.39, 0.29) is 17.8 Å². The van der Waals surface area contributed by atoms with Crippen LogP contribution >= 0.6 is 0 Å². The smallest absolute Gasteiger partial charge is 0.247 e. The second-order valence-corrected chi connectivity index (χ2v) is 5.46. The van der Waals surface area contributed by atoms with Gasteiger partial charge in [0.15, 0.2) is 0 Å². The van der Waals surface area contributed by atoms with Gasteiger partial charge in [-0.3, -0.25) is 4.79 Å². The van der Waals surface area contributed by atoms with Crippen LogP contribution in [0.4, 0.5) is 10.1 Å². The summed E-state index contributed by atoms with van der Waals surface area (Å²) in [5, 5.41) is 3.69. The van der Waals surface area contributed by atoms with Crippen molar-refractivity contribution in [3.8, 4) is 0 Å². The maximum absolute atomic E-state index is 13.2. The van der Waals surface area contributed by atoms with Crippen molar-refractivity contribution >= 4 is 22.5 Å². The van der Waals surface area contributed by atoms with Crippen LogP contribution in [-0.2, 0) is 4.79 Å². The number of aromatic nitrogens is 1. The highest BCUT2D eigenvalue weighted by atomic mass is 19.1. The van der Waals surface area contributed by atoms with Gasteiger partial charge >= 0.3 is 0 Å². The van der Waals surface area contributed by atoms with E-state index < -0.39 is 0 Å². The predicted octanol–water partition coefficient (Wildman–Crippen LogP) is 4.29. The summed E-state index contributed by atoms with van der Waals surface area (Å²) in [6.07, 6.45) is 1.81. The number of rotatable bonds is 3. The topological polar surface area (TPSA) is 34.0 Å². The average molecular weight is 296 g/mol. The molecule has 3 aromatic rings. The first-order valence-corrected chi connectivity index (χ1v) is 7.18. The number of benzene rings is 2. The van der Waals surface area contributed by atoms with Gasteiger partial charge in [-0.1, -0.05) is 17.7 Å². The molecule has 0 aliphatic carbocycles. The molecule has 0 aliphatic rings. The minimum atomic E-state index is -0.385. The predicted molar refractivity (Wildman–Crippen MR) is 86.4 cm³/mol. The van der Waals surface area contributed by atoms with Gasteiger partial charge in [0.05, 0.1) is 0 Å². The van der Waals surface area contributed by atoms with Gasteiger partial charge in [0.1, 0.15) is 11.9 Å². The molecule has 22 heavy (non-hydrogen) atoms. The third-order valence-electron chi connectivity index (χ3n) is 3.80. The first-order valence-electron chi connectivity index (χ1n) is 7.18. The van der Waals surface area contributed by atoms with Gasteiger partial charge in [0, 0.05) is 22.8 Å². The van der Waals surface area contributed by atoms with Crippen LogP contribution < -0.4 is 5.32 Å². The summed E-state index contributed by atoms with van der Waals surface area (Å²) in [6.45, 7) is 3.83. The lowest BCUT2D eigenvalue weighted by molar-refractivity contribution is -0.118. The molecule has 0 saturated carbocycles. The van der Waals surface area contributed by atoms with Crippen molar-refractivity contribution in [1.29, 1.82) is 0 Å². The number of nitrogens with zero attached hydrogens (tertiary/aromatic N) is 1. The van der Waals surface area contributed by atoms with E-state index in [1.165, 1.54) is 12.1 Å². The summed E-state index contributed by atoms with van der Waals surface area (Å²) in [5.74, 6) is -0.382. The van der Waals surface area contributed by atoms with Gasteiger partial charge in [0.25, 0.3) is 0 Å². The fourth-order valence-electron chi connectivity index (χ4n) is 2.48. The Kier molecular flexibility index (Phi) is 3.67. The molecule has 1 unspecified atom stereocenters. The summed E-state index contributed by atoms with van der Waals surface area (Å²) in [6, 6.07) is 13.7. The van der Waals surface area contributed by atoms with Crippen LogP contribution in [0.1, 0.15) is 18.5 Å². The van der Waals surface area contributed by atoms with E-state index in [1.54, 1.807) is 6.07 Å². The number of carbonyl (C=O) groups excluding carboxylic acids is 1. The third-order valence-corrected chi connectivity index (χ3v) is 3.80. The molecule has 3 nitrogen and oxygen atoms in total. The maximum Gasteiger partial charge on any atom is 0.247 e. The quantitative estimate of drug-likeness (QED) is 0.768. The highest BCUT2D eigenvalue weighted by Crippen LogP contribution is 2.22. The fraction of sp³-hybridized carbons (Fsp3) is 0.167. The largest absolute Gasteiger partial charge is 0.335 e. The van der Waals surface area contributed by atoms with Crippen LogP contribution in [0, 0.1) is 12.7 Å².